The minimum absolute atomic E-state index is 0.157. The SMILES string of the molecule is Cc1coc2c1C(=O)[C@@]1(O)[C@H](C)CC[C@H](O)[C@@]1(C)C2. The molecule has 1 saturated carbocycles. The minimum Gasteiger partial charge on any atom is -0.468 e. The monoisotopic (exact) mass is 264 g/mol. The molecule has 2 N–H and O–H groups in total. The van der Waals surface area contributed by atoms with Crippen molar-refractivity contribution >= 4 is 5.78 Å². The lowest BCUT2D eigenvalue weighted by Gasteiger charge is -2.55. The molecule has 0 aromatic carbocycles. The molecule has 0 saturated heterocycles. The van der Waals surface area contributed by atoms with Gasteiger partial charge in [0.25, 0.3) is 0 Å². The number of aliphatic hydroxyl groups is 2. The number of aliphatic hydroxyl groups excluding tert-OH is 1. The lowest BCUT2D eigenvalue weighted by atomic mass is 9.52. The van der Waals surface area contributed by atoms with Crippen LogP contribution in [0.2, 0.25) is 0 Å². The van der Waals surface area contributed by atoms with Crippen LogP contribution in [0.1, 0.15) is 48.4 Å². The summed E-state index contributed by atoms with van der Waals surface area (Å²) >= 11 is 0. The van der Waals surface area contributed by atoms with Crippen LogP contribution in [-0.2, 0) is 6.42 Å². The number of aryl methyl sites for hydroxylation is 1. The Kier molecular flexibility index (Phi) is 2.51. The van der Waals surface area contributed by atoms with Gasteiger partial charge in [-0.15, -0.1) is 0 Å². The number of fused-ring (bicyclic) bond motifs is 2. The van der Waals surface area contributed by atoms with Gasteiger partial charge in [0.2, 0.25) is 0 Å². The molecule has 1 aromatic heterocycles. The fraction of sp³-hybridized carbons (Fsp3) is 0.667. The van der Waals surface area contributed by atoms with Crippen molar-refractivity contribution in [2.75, 3.05) is 0 Å². The summed E-state index contributed by atoms with van der Waals surface area (Å²) in [4.78, 5) is 12.8. The van der Waals surface area contributed by atoms with E-state index in [2.05, 4.69) is 0 Å². The van der Waals surface area contributed by atoms with Crippen molar-refractivity contribution in [2.24, 2.45) is 11.3 Å². The molecule has 2 aliphatic rings. The van der Waals surface area contributed by atoms with E-state index >= 15 is 0 Å². The third-order valence-corrected chi connectivity index (χ3v) is 5.34. The van der Waals surface area contributed by atoms with E-state index < -0.39 is 17.1 Å². The normalized spacial score (nSPS) is 41.8. The first-order valence-electron chi connectivity index (χ1n) is 6.84. The van der Waals surface area contributed by atoms with Crippen LogP contribution in [0.15, 0.2) is 10.7 Å². The van der Waals surface area contributed by atoms with Crippen LogP contribution >= 0.6 is 0 Å². The van der Waals surface area contributed by atoms with Crippen LogP contribution in [0.4, 0.5) is 0 Å². The molecule has 0 unspecified atom stereocenters. The average Bonchev–Trinajstić information content (AvgIpc) is 2.72. The van der Waals surface area contributed by atoms with Crippen LogP contribution in [0, 0.1) is 18.3 Å². The maximum Gasteiger partial charge on any atom is 0.199 e. The third kappa shape index (κ3) is 1.33. The fourth-order valence-corrected chi connectivity index (χ4v) is 3.95. The number of furan rings is 1. The second kappa shape index (κ2) is 3.70. The van der Waals surface area contributed by atoms with Crippen LogP contribution in [-0.4, -0.2) is 27.7 Å². The van der Waals surface area contributed by atoms with E-state index in [1.807, 2.05) is 13.8 Å². The van der Waals surface area contributed by atoms with Gasteiger partial charge in [-0.1, -0.05) is 13.8 Å². The van der Waals surface area contributed by atoms with E-state index in [0.29, 0.717) is 30.6 Å². The second-order valence-corrected chi connectivity index (χ2v) is 6.40. The molecule has 4 atom stereocenters. The Morgan fingerprint density at radius 2 is 2.11 bits per heavy atom. The minimum atomic E-state index is -1.49. The van der Waals surface area contributed by atoms with Crippen LogP contribution < -0.4 is 0 Å². The number of hydrogen-bond acceptors (Lipinski definition) is 4. The lowest BCUT2D eigenvalue weighted by Crippen LogP contribution is -2.67. The average molecular weight is 264 g/mol. The van der Waals surface area contributed by atoms with E-state index in [1.165, 1.54) is 0 Å². The first-order chi connectivity index (χ1) is 8.82. The Hall–Kier alpha value is -1.13. The number of Topliss-reactive ketones (excluding diaryl/α,β-unsaturated/α-hetero) is 1. The van der Waals surface area contributed by atoms with Crippen molar-refractivity contribution < 1.29 is 19.4 Å². The van der Waals surface area contributed by atoms with E-state index in [9.17, 15) is 15.0 Å². The van der Waals surface area contributed by atoms with Crippen molar-refractivity contribution in [3.8, 4) is 0 Å². The molecule has 1 fully saturated rings. The van der Waals surface area contributed by atoms with Gasteiger partial charge in [-0.2, -0.15) is 0 Å². The van der Waals surface area contributed by atoms with Crippen molar-refractivity contribution in [3.63, 3.8) is 0 Å². The Morgan fingerprint density at radius 1 is 1.42 bits per heavy atom. The van der Waals surface area contributed by atoms with Gasteiger partial charge in [0.15, 0.2) is 5.78 Å². The van der Waals surface area contributed by atoms with E-state index in [0.717, 1.165) is 5.56 Å². The molecule has 1 heterocycles. The summed E-state index contributed by atoms with van der Waals surface area (Å²) in [6.45, 7) is 5.50. The number of carbonyl (C=O) groups is 1. The molecular formula is C15H20O4. The number of rotatable bonds is 0. The second-order valence-electron chi connectivity index (χ2n) is 6.40. The topological polar surface area (TPSA) is 70.7 Å². The Bertz CT molecular complexity index is 546. The molecule has 4 heteroatoms. The van der Waals surface area contributed by atoms with Gasteiger partial charge in [0.05, 0.1) is 17.9 Å². The zero-order valence-corrected chi connectivity index (χ0v) is 11.6. The highest BCUT2D eigenvalue weighted by Crippen LogP contribution is 2.54. The van der Waals surface area contributed by atoms with Gasteiger partial charge in [0.1, 0.15) is 11.4 Å². The van der Waals surface area contributed by atoms with Crippen molar-refractivity contribution in [3.05, 3.63) is 23.2 Å². The van der Waals surface area contributed by atoms with Gasteiger partial charge in [0, 0.05) is 11.8 Å². The highest BCUT2D eigenvalue weighted by Gasteiger charge is 2.64. The van der Waals surface area contributed by atoms with Crippen molar-refractivity contribution in [1.82, 2.24) is 0 Å². The number of carbonyl (C=O) groups excluding carboxylic acids is 1. The molecule has 0 radical (unpaired) electrons. The lowest BCUT2D eigenvalue weighted by molar-refractivity contribution is -0.167. The highest BCUT2D eigenvalue weighted by atomic mass is 16.3. The number of ketones is 1. The fourth-order valence-electron chi connectivity index (χ4n) is 3.95. The number of hydrogen-bond donors (Lipinski definition) is 2. The maximum atomic E-state index is 12.8. The Morgan fingerprint density at radius 3 is 2.79 bits per heavy atom. The van der Waals surface area contributed by atoms with Gasteiger partial charge in [-0.05, 0) is 31.2 Å². The molecule has 19 heavy (non-hydrogen) atoms. The molecule has 2 aliphatic carbocycles. The van der Waals surface area contributed by atoms with Crippen LogP contribution in [0.3, 0.4) is 0 Å². The summed E-state index contributed by atoms with van der Waals surface area (Å²) in [6, 6.07) is 0. The molecule has 3 rings (SSSR count). The molecule has 0 spiro atoms. The summed E-state index contributed by atoms with van der Waals surface area (Å²) in [5.41, 5.74) is -1.07. The van der Waals surface area contributed by atoms with Gasteiger partial charge in [-0.3, -0.25) is 4.79 Å². The molecule has 4 nitrogen and oxygen atoms in total. The predicted molar refractivity (Wildman–Crippen MR) is 68.9 cm³/mol. The predicted octanol–water partition coefficient (Wildman–Crippen LogP) is 1.86. The highest BCUT2D eigenvalue weighted by molar-refractivity contribution is 6.06. The zero-order chi connectivity index (χ0) is 14.0. The van der Waals surface area contributed by atoms with E-state index in [-0.39, 0.29) is 11.7 Å². The standard InChI is InChI=1S/C15H20O4/c1-8-7-19-10-6-14(3)11(16)5-4-9(2)15(14,18)13(17)12(8)10/h7,9,11,16,18H,4-6H2,1-3H3/t9-,11+,14-,15+/m1/s1. The maximum absolute atomic E-state index is 12.8. The molecule has 0 aliphatic heterocycles. The van der Waals surface area contributed by atoms with Crippen LogP contribution in [0.5, 0.6) is 0 Å². The first-order valence-corrected chi connectivity index (χ1v) is 6.84. The molecule has 0 amide bonds. The molecule has 104 valence electrons. The largest absolute Gasteiger partial charge is 0.468 e. The summed E-state index contributed by atoms with van der Waals surface area (Å²) < 4.78 is 5.46. The Balaban J connectivity index is 2.23. The van der Waals surface area contributed by atoms with Gasteiger partial charge in [-0.25, -0.2) is 0 Å². The van der Waals surface area contributed by atoms with Crippen molar-refractivity contribution in [1.29, 1.82) is 0 Å². The first kappa shape index (κ1) is 12.9. The van der Waals surface area contributed by atoms with Gasteiger partial charge >= 0.3 is 0 Å². The summed E-state index contributed by atoms with van der Waals surface area (Å²) in [6.07, 6.45) is 2.55. The summed E-state index contributed by atoms with van der Waals surface area (Å²) in [5, 5.41) is 21.4. The quantitative estimate of drug-likeness (QED) is 0.750. The summed E-state index contributed by atoms with van der Waals surface area (Å²) in [7, 11) is 0. The Labute approximate surface area is 112 Å². The molecule has 1 aromatic rings. The van der Waals surface area contributed by atoms with Crippen LogP contribution in [0.25, 0.3) is 0 Å². The van der Waals surface area contributed by atoms with Crippen molar-refractivity contribution in [2.45, 2.75) is 51.7 Å². The van der Waals surface area contributed by atoms with Gasteiger partial charge < -0.3 is 14.6 Å². The van der Waals surface area contributed by atoms with E-state index in [1.54, 1.807) is 13.2 Å². The summed E-state index contributed by atoms with van der Waals surface area (Å²) in [5.74, 6) is 0.160. The zero-order valence-electron chi connectivity index (χ0n) is 11.6. The van der Waals surface area contributed by atoms with E-state index in [4.69, 9.17) is 4.42 Å². The molecular weight excluding hydrogens is 244 g/mol. The third-order valence-electron chi connectivity index (χ3n) is 5.34. The molecule has 0 bridgehead atoms. The smallest absolute Gasteiger partial charge is 0.199 e.